The minimum atomic E-state index is -0.304. The van der Waals surface area contributed by atoms with Gasteiger partial charge in [0.2, 0.25) is 5.91 Å². The Labute approximate surface area is 144 Å². The molecule has 3 rings (SSSR count). The zero-order valence-electron chi connectivity index (χ0n) is 13.7. The first-order chi connectivity index (χ1) is 12.0. The number of rotatable bonds is 4. The quantitative estimate of drug-likeness (QED) is 0.760. The topological polar surface area (TPSA) is 102 Å². The lowest BCUT2D eigenvalue weighted by atomic mass is 10.2. The second kappa shape index (κ2) is 6.91. The fourth-order valence-electron chi connectivity index (χ4n) is 2.26. The molecule has 0 fully saturated rings. The van der Waals surface area contributed by atoms with Crippen molar-refractivity contribution in [1.82, 2.24) is 19.5 Å². The molecule has 0 bridgehead atoms. The smallest absolute Gasteiger partial charge is 0.256 e. The third-order valence-electron chi connectivity index (χ3n) is 3.43. The Morgan fingerprint density at radius 3 is 2.44 bits per heavy atom. The largest absolute Gasteiger partial charge is 0.326 e. The highest BCUT2D eigenvalue weighted by atomic mass is 16.2. The van der Waals surface area contributed by atoms with Crippen molar-refractivity contribution in [3.63, 3.8) is 0 Å². The number of carbonyl (C=O) groups excluding carboxylic acids is 2. The Balaban J connectivity index is 1.75. The van der Waals surface area contributed by atoms with E-state index in [1.54, 1.807) is 47.3 Å². The molecule has 25 heavy (non-hydrogen) atoms. The van der Waals surface area contributed by atoms with Gasteiger partial charge in [0, 0.05) is 36.6 Å². The molecule has 3 aromatic rings. The average Bonchev–Trinajstić information content (AvgIpc) is 3.01. The number of benzene rings is 1. The van der Waals surface area contributed by atoms with Crippen LogP contribution < -0.4 is 10.6 Å². The summed E-state index contributed by atoms with van der Waals surface area (Å²) in [6, 6.07) is 8.25. The summed E-state index contributed by atoms with van der Waals surface area (Å²) in [7, 11) is 0. The third-order valence-corrected chi connectivity index (χ3v) is 3.43. The number of nitrogens with one attached hydrogen (secondary N) is 2. The first-order valence-electron chi connectivity index (χ1n) is 7.54. The van der Waals surface area contributed by atoms with E-state index in [1.807, 2.05) is 6.92 Å². The maximum Gasteiger partial charge on any atom is 0.256 e. The first-order valence-corrected chi connectivity index (χ1v) is 7.54. The number of hydrogen-bond acceptors (Lipinski definition) is 5. The highest BCUT2D eigenvalue weighted by Crippen LogP contribution is 2.14. The Hall–Kier alpha value is -3.55. The monoisotopic (exact) mass is 336 g/mol. The summed E-state index contributed by atoms with van der Waals surface area (Å²) in [6.07, 6.45) is 4.83. The van der Waals surface area contributed by atoms with E-state index >= 15 is 0 Å². The highest BCUT2D eigenvalue weighted by Gasteiger charge is 2.09. The summed E-state index contributed by atoms with van der Waals surface area (Å²) in [4.78, 5) is 35.7. The predicted molar refractivity (Wildman–Crippen MR) is 92.6 cm³/mol. The first kappa shape index (κ1) is 16.3. The van der Waals surface area contributed by atoms with Gasteiger partial charge in [-0.25, -0.2) is 15.0 Å². The fourth-order valence-corrected chi connectivity index (χ4v) is 2.26. The summed E-state index contributed by atoms with van der Waals surface area (Å²) in [5, 5.41) is 5.38. The number of amides is 2. The highest BCUT2D eigenvalue weighted by molar-refractivity contribution is 6.04. The molecule has 8 nitrogen and oxygen atoms in total. The van der Waals surface area contributed by atoms with Crippen LogP contribution in [0.2, 0.25) is 0 Å². The van der Waals surface area contributed by atoms with Crippen molar-refractivity contribution >= 4 is 23.3 Å². The summed E-state index contributed by atoms with van der Waals surface area (Å²) in [5.41, 5.74) is 1.08. The normalized spacial score (nSPS) is 10.3. The Morgan fingerprint density at radius 1 is 1.04 bits per heavy atom. The van der Waals surface area contributed by atoms with Gasteiger partial charge in [-0.1, -0.05) is 0 Å². The molecule has 0 saturated heterocycles. The zero-order chi connectivity index (χ0) is 17.8. The van der Waals surface area contributed by atoms with Crippen molar-refractivity contribution < 1.29 is 9.59 Å². The van der Waals surface area contributed by atoms with Gasteiger partial charge in [-0.3, -0.25) is 14.2 Å². The summed E-state index contributed by atoms with van der Waals surface area (Å²) in [5.74, 6) is 1.31. The van der Waals surface area contributed by atoms with E-state index in [0.717, 1.165) is 5.82 Å². The molecule has 0 aliphatic heterocycles. The van der Waals surface area contributed by atoms with E-state index in [4.69, 9.17) is 0 Å². The van der Waals surface area contributed by atoms with E-state index in [2.05, 4.69) is 25.6 Å². The van der Waals surface area contributed by atoms with Crippen molar-refractivity contribution in [3.05, 3.63) is 60.4 Å². The summed E-state index contributed by atoms with van der Waals surface area (Å²) >= 11 is 0. The Morgan fingerprint density at radius 2 is 1.80 bits per heavy atom. The van der Waals surface area contributed by atoms with Crippen LogP contribution in [0, 0.1) is 6.92 Å². The molecule has 0 aliphatic carbocycles. The number of aromatic nitrogens is 4. The maximum atomic E-state index is 12.3. The lowest BCUT2D eigenvalue weighted by molar-refractivity contribution is -0.114. The molecule has 0 spiro atoms. The van der Waals surface area contributed by atoms with Crippen LogP contribution in [0.25, 0.3) is 5.82 Å². The third kappa shape index (κ3) is 3.86. The molecule has 0 unspecified atom stereocenters. The predicted octanol–water partition coefficient (Wildman–Crippen LogP) is 2.18. The fraction of sp³-hybridized carbons (Fsp3) is 0.118. The van der Waals surface area contributed by atoms with Gasteiger partial charge in [0.25, 0.3) is 5.91 Å². The molecule has 2 amide bonds. The van der Waals surface area contributed by atoms with Crippen LogP contribution in [0.5, 0.6) is 0 Å². The standard InChI is InChI=1S/C17H16N6O2/c1-11-18-7-8-23(11)16-9-15(19-10-20-16)22-17(25)13-3-5-14(6-4-13)21-12(2)24/h3-10H,1-2H3,(H,21,24)(H,19,20,22,25). The van der Waals surface area contributed by atoms with Gasteiger partial charge in [0.1, 0.15) is 23.8 Å². The molecule has 2 N–H and O–H groups in total. The summed E-state index contributed by atoms with van der Waals surface area (Å²) in [6.45, 7) is 3.28. The SMILES string of the molecule is CC(=O)Nc1ccc(C(=O)Nc2cc(-n3ccnc3C)ncn2)cc1. The van der Waals surface area contributed by atoms with Crippen molar-refractivity contribution in [2.75, 3.05) is 10.6 Å². The van der Waals surface area contributed by atoms with E-state index in [-0.39, 0.29) is 11.8 Å². The lowest BCUT2D eigenvalue weighted by Gasteiger charge is -2.08. The van der Waals surface area contributed by atoms with Crippen LogP contribution in [-0.2, 0) is 4.79 Å². The molecule has 126 valence electrons. The lowest BCUT2D eigenvalue weighted by Crippen LogP contribution is -2.14. The van der Waals surface area contributed by atoms with Crippen LogP contribution in [0.15, 0.2) is 49.1 Å². The second-order valence-corrected chi connectivity index (χ2v) is 5.32. The van der Waals surface area contributed by atoms with E-state index in [0.29, 0.717) is 22.9 Å². The average molecular weight is 336 g/mol. The number of anilines is 2. The number of aryl methyl sites for hydroxylation is 1. The van der Waals surface area contributed by atoms with E-state index < -0.39 is 0 Å². The molecule has 1 aromatic carbocycles. The van der Waals surface area contributed by atoms with Gasteiger partial charge in [-0.15, -0.1) is 0 Å². The molecule has 0 saturated carbocycles. The van der Waals surface area contributed by atoms with Crippen LogP contribution in [0.1, 0.15) is 23.1 Å². The molecular formula is C17H16N6O2. The minimum absolute atomic E-state index is 0.166. The molecular weight excluding hydrogens is 320 g/mol. The van der Waals surface area contributed by atoms with Gasteiger partial charge >= 0.3 is 0 Å². The number of carbonyl (C=O) groups is 2. The van der Waals surface area contributed by atoms with Crippen molar-refractivity contribution in [2.24, 2.45) is 0 Å². The number of imidazole rings is 1. The Bertz CT molecular complexity index is 917. The molecule has 2 aromatic heterocycles. The molecule has 2 heterocycles. The van der Waals surface area contributed by atoms with E-state index in [1.165, 1.54) is 13.3 Å². The molecule has 0 atom stereocenters. The van der Waals surface area contributed by atoms with Crippen molar-refractivity contribution in [1.29, 1.82) is 0 Å². The number of nitrogens with zero attached hydrogens (tertiary/aromatic N) is 4. The Kier molecular flexibility index (Phi) is 4.51. The maximum absolute atomic E-state index is 12.3. The van der Waals surface area contributed by atoms with Gasteiger partial charge < -0.3 is 10.6 Å². The summed E-state index contributed by atoms with van der Waals surface area (Å²) < 4.78 is 1.79. The van der Waals surface area contributed by atoms with Gasteiger partial charge in [-0.05, 0) is 31.2 Å². The molecule has 0 aliphatic rings. The van der Waals surface area contributed by atoms with Crippen LogP contribution in [0.3, 0.4) is 0 Å². The van der Waals surface area contributed by atoms with Crippen LogP contribution in [0.4, 0.5) is 11.5 Å². The van der Waals surface area contributed by atoms with Crippen molar-refractivity contribution in [3.8, 4) is 5.82 Å². The van der Waals surface area contributed by atoms with Gasteiger partial charge in [0.05, 0.1) is 0 Å². The van der Waals surface area contributed by atoms with Crippen LogP contribution in [-0.4, -0.2) is 31.3 Å². The van der Waals surface area contributed by atoms with Gasteiger partial charge in [-0.2, -0.15) is 0 Å². The zero-order valence-corrected chi connectivity index (χ0v) is 13.7. The second-order valence-electron chi connectivity index (χ2n) is 5.32. The molecule has 0 radical (unpaired) electrons. The van der Waals surface area contributed by atoms with Crippen LogP contribution >= 0.6 is 0 Å². The number of hydrogen-bond donors (Lipinski definition) is 2. The molecule has 8 heteroatoms. The van der Waals surface area contributed by atoms with E-state index in [9.17, 15) is 9.59 Å². The van der Waals surface area contributed by atoms with Gasteiger partial charge in [0.15, 0.2) is 0 Å². The minimum Gasteiger partial charge on any atom is -0.326 e. The van der Waals surface area contributed by atoms with Crippen molar-refractivity contribution in [2.45, 2.75) is 13.8 Å².